The molecule has 0 saturated heterocycles. The van der Waals surface area contributed by atoms with Gasteiger partial charge in [0.2, 0.25) is 0 Å². The van der Waals surface area contributed by atoms with Gasteiger partial charge in [-0.05, 0) is 45.3 Å². The summed E-state index contributed by atoms with van der Waals surface area (Å²) in [4.78, 5) is 16.4. The summed E-state index contributed by atoms with van der Waals surface area (Å²) < 4.78 is 5.08. The minimum atomic E-state index is -0.0694. The molecular weight excluding hydrogens is 290 g/mol. The molecule has 2 N–H and O–H groups in total. The fraction of sp³-hybridized carbons (Fsp3) is 0.533. The second-order valence-corrected chi connectivity index (χ2v) is 5.65. The van der Waals surface area contributed by atoms with Crippen LogP contribution in [0.25, 0.3) is 0 Å². The van der Waals surface area contributed by atoms with Crippen molar-refractivity contribution in [1.82, 2.24) is 9.80 Å². The SMILES string of the molecule is COCCN(CCCN(C)C)C(=O)c1cc(N)cc(Cl)c1. The van der Waals surface area contributed by atoms with Crippen LogP contribution in [0.5, 0.6) is 0 Å². The van der Waals surface area contributed by atoms with Crippen molar-refractivity contribution in [3.63, 3.8) is 0 Å². The van der Waals surface area contributed by atoms with E-state index in [2.05, 4.69) is 4.90 Å². The molecule has 5 nitrogen and oxygen atoms in total. The summed E-state index contributed by atoms with van der Waals surface area (Å²) in [5, 5.41) is 0.471. The highest BCUT2D eigenvalue weighted by Gasteiger charge is 2.16. The molecule has 0 bridgehead atoms. The lowest BCUT2D eigenvalue weighted by molar-refractivity contribution is 0.0689. The zero-order chi connectivity index (χ0) is 15.8. The van der Waals surface area contributed by atoms with Crippen LogP contribution in [0, 0.1) is 0 Å². The van der Waals surface area contributed by atoms with E-state index in [0.29, 0.717) is 36.0 Å². The first-order valence-electron chi connectivity index (χ1n) is 6.93. The second-order valence-electron chi connectivity index (χ2n) is 5.22. The van der Waals surface area contributed by atoms with Gasteiger partial charge in [0.15, 0.2) is 0 Å². The van der Waals surface area contributed by atoms with E-state index in [1.807, 2.05) is 14.1 Å². The van der Waals surface area contributed by atoms with Crippen LogP contribution in [0.15, 0.2) is 18.2 Å². The van der Waals surface area contributed by atoms with Crippen LogP contribution in [-0.2, 0) is 4.74 Å². The van der Waals surface area contributed by atoms with Crippen LogP contribution in [-0.4, -0.2) is 63.2 Å². The number of nitrogens with zero attached hydrogens (tertiary/aromatic N) is 2. The lowest BCUT2D eigenvalue weighted by atomic mass is 10.1. The molecule has 1 amide bonds. The summed E-state index contributed by atoms with van der Waals surface area (Å²) in [7, 11) is 5.65. The molecule has 0 saturated carbocycles. The van der Waals surface area contributed by atoms with Crippen molar-refractivity contribution in [3.8, 4) is 0 Å². The Labute approximate surface area is 131 Å². The van der Waals surface area contributed by atoms with E-state index >= 15 is 0 Å². The molecule has 21 heavy (non-hydrogen) atoms. The quantitative estimate of drug-likeness (QED) is 0.745. The van der Waals surface area contributed by atoms with Crippen LogP contribution in [0.2, 0.25) is 5.02 Å². The number of nitrogens with two attached hydrogens (primary N) is 1. The molecule has 0 fully saturated rings. The van der Waals surface area contributed by atoms with Crippen LogP contribution in [0.3, 0.4) is 0 Å². The predicted molar refractivity (Wildman–Crippen MR) is 86.8 cm³/mol. The lowest BCUT2D eigenvalue weighted by Gasteiger charge is -2.23. The number of amides is 1. The van der Waals surface area contributed by atoms with Crippen molar-refractivity contribution in [2.24, 2.45) is 0 Å². The number of halogens is 1. The number of anilines is 1. The molecule has 0 aliphatic rings. The van der Waals surface area contributed by atoms with E-state index in [1.165, 1.54) is 0 Å². The first-order valence-corrected chi connectivity index (χ1v) is 7.31. The maximum absolute atomic E-state index is 12.6. The lowest BCUT2D eigenvalue weighted by Crippen LogP contribution is -2.36. The first kappa shape index (κ1) is 17.8. The third-order valence-corrected chi connectivity index (χ3v) is 3.27. The van der Waals surface area contributed by atoms with Gasteiger partial charge in [0.1, 0.15) is 0 Å². The van der Waals surface area contributed by atoms with Gasteiger partial charge in [-0.25, -0.2) is 0 Å². The molecule has 1 aromatic carbocycles. The Morgan fingerprint density at radius 1 is 1.24 bits per heavy atom. The predicted octanol–water partition coefficient (Wildman–Crippen LogP) is 1.96. The summed E-state index contributed by atoms with van der Waals surface area (Å²) in [6.07, 6.45) is 0.901. The molecule has 0 spiro atoms. The Kier molecular flexibility index (Phi) is 7.50. The minimum Gasteiger partial charge on any atom is -0.399 e. The van der Waals surface area contributed by atoms with E-state index < -0.39 is 0 Å². The molecule has 0 radical (unpaired) electrons. The second kappa shape index (κ2) is 8.87. The van der Waals surface area contributed by atoms with Gasteiger partial charge in [0.05, 0.1) is 6.61 Å². The van der Waals surface area contributed by atoms with Crippen LogP contribution in [0.1, 0.15) is 16.8 Å². The Morgan fingerprint density at radius 2 is 1.95 bits per heavy atom. The van der Waals surface area contributed by atoms with Crippen molar-refractivity contribution < 1.29 is 9.53 Å². The molecule has 0 aromatic heterocycles. The zero-order valence-corrected chi connectivity index (χ0v) is 13.7. The molecule has 6 heteroatoms. The molecule has 0 atom stereocenters. The Balaban J connectivity index is 2.77. The Bertz CT molecular complexity index is 446. The fourth-order valence-electron chi connectivity index (χ4n) is 2.01. The highest BCUT2D eigenvalue weighted by Crippen LogP contribution is 2.18. The highest BCUT2D eigenvalue weighted by atomic mass is 35.5. The fourth-order valence-corrected chi connectivity index (χ4v) is 2.26. The number of hydrogen-bond acceptors (Lipinski definition) is 4. The van der Waals surface area contributed by atoms with E-state index in [9.17, 15) is 4.79 Å². The maximum Gasteiger partial charge on any atom is 0.254 e. The molecular formula is C15H24ClN3O2. The zero-order valence-electron chi connectivity index (χ0n) is 12.9. The summed E-state index contributed by atoms with van der Waals surface area (Å²) in [5.74, 6) is -0.0694. The highest BCUT2D eigenvalue weighted by molar-refractivity contribution is 6.31. The van der Waals surface area contributed by atoms with Gasteiger partial charge >= 0.3 is 0 Å². The molecule has 1 rings (SSSR count). The van der Waals surface area contributed by atoms with Gasteiger partial charge in [-0.3, -0.25) is 4.79 Å². The van der Waals surface area contributed by atoms with Gasteiger partial charge in [-0.2, -0.15) is 0 Å². The summed E-state index contributed by atoms with van der Waals surface area (Å²) in [6.45, 7) is 2.65. The number of rotatable bonds is 8. The van der Waals surface area contributed by atoms with E-state index in [-0.39, 0.29) is 5.91 Å². The maximum atomic E-state index is 12.6. The molecule has 1 aromatic rings. The summed E-state index contributed by atoms with van der Waals surface area (Å²) in [6, 6.07) is 4.93. The van der Waals surface area contributed by atoms with Gasteiger partial charge in [0.25, 0.3) is 5.91 Å². The van der Waals surface area contributed by atoms with Gasteiger partial charge in [-0.1, -0.05) is 11.6 Å². The smallest absolute Gasteiger partial charge is 0.254 e. The average molecular weight is 314 g/mol. The van der Waals surface area contributed by atoms with Crippen molar-refractivity contribution in [1.29, 1.82) is 0 Å². The summed E-state index contributed by atoms with van der Waals surface area (Å²) in [5.41, 5.74) is 6.76. The standard InChI is InChI=1S/C15H24ClN3O2/c1-18(2)5-4-6-19(7-8-21-3)15(20)12-9-13(16)11-14(17)10-12/h9-11H,4-8,17H2,1-3H3. The van der Waals surface area contributed by atoms with E-state index in [0.717, 1.165) is 13.0 Å². The van der Waals surface area contributed by atoms with E-state index in [4.69, 9.17) is 22.1 Å². The Morgan fingerprint density at radius 3 is 2.52 bits per heavy atom. The third kappa shape index (κ3) is 6.33. The van der Waals surface area contributed by atoms with Gasteiger partial charge in [0, 0.05) is 36.5 Å². The van der Waals surface area contributed by atoms with Crippen molar-refractivity contribution in [2.75, 3.05) is 53.2 Å². The average Bonchev–Trinajstić information content (AvgIpc) is 2.40. The number of carbonyl (C=O) groups is 1. The molecule has 0 heterocycles. The first-order chi connectivity index (χ1) is 9.93. The normalized spacial score (nSPS) is 10.9. The topological polar surface area (TPSA) is 58.8 Å². The molecule has 118 valence electrons. The van der Waals surface area contributed by atoms with Crippen LogP contribution in [0.4, 0.5) is 5.69 Å². The van der Waals surface area contributed by atoms with Crippen molar-refractivity contribution in [2.45, 2.75) is 6.42 Å². The van der Waals surface area contributed by atoms with Crippen LogP contribution < -0.4 is 5.73 Å². The molecule has 0 aliphatic carbocycles. The number of carbonyl (C=O) groups excluding carboxylic acids is 1. The number of hydrogen-bond donors (Lipinski definition) is 1. The number of ether oxygens (including phenoxy) is 1. The number of nitrogen functional groups attached to an aromatic ring is 1. The molecule has 0 unspecified atom stereocenters. The monoisotopic (exact) mass is 313 g/mol. The number of benzene rings is 1. The van der Waals surface area contributed by atoms with Crippen LogP contribution >= 0.6 is 11.6 Å². The van der Waals surface area contributed by atoms with Crippen molar-refractivity contribution >= 4 is 23.2 Å². The Hall–Kier alpha value is -1.30. The van der Waals surface area contributed by atoms with Gasteiger partial charge in [-0.15, -0.1) is 0 Å². The summed E-state index contributed by atoms with van der Waals surface area (Å²) >= 11 is 5.97. The number of methoxy groups -OCH3 is 1. The minimum absolute atomic E-state index is 0.0694. The van der Waals surface area contributed by atoms with Crippen molar-refractivity contribution in [3.05, 3.63) is 28.8 Å². The largest absolute Gasteiger partial charge is 0.399 e. The molecule has 0 aliphatic heterocycles. The van der Waals surface area contributed by atoms with Gasteiger partial charge < -0.3 is 20.3 Å². The third-order valence-electron chi connectivity index (χ3n) is 3.05. The van der Waals surface area contributed by atoms with E-state index in [1.54, 1.807) is 30.2 Å².